The van der Waals surface area contributed by atoms with E-state index in [2.05, 4.69) is 13.8 Å². The molecule has 1 aromatic carbocycles. The second-order valence-electron chi connectivity index (χ2n) is 5.08. The van der Waals surface area contributed by atoms with Crippen molar-refractivity contribution in [1.82, 2.24) is 0 Å². The van der Waals surface area contributed by atoms with E-state index in [0.717, 1.165) is 10.8 Å². The van der Waals surface area contributed by atoms with Crippen LogP contribution in [0.3, 0.4) is 0 Å². The Morgan fingerprint density at radius 3 is 2.28 bits per heavy atom. The second kappa shape index (κ2) is 7.16. The van der Waals surface area contributed by atoms with E-state index in [0.29, 0.717) is 5.92 Å². The maximum absolute atomic E-state index is 12.0. The first kappa shape index (κ1) is 14.7. The lowest BCUT2D eigenvalue weighted by atomic mass is 9.99. The second-order valence-corrected chi connectivity index (χ2v) is 6.48. The fourth-order valence-electron chi connectivity index (χ4n) is 1.66. The van der Waals surface area contributed by atoms with Crippen molar-refractivity contribution >= 4 is 20.9 Å². The van der Waals surface area contributed by atoms with Crippen LogP contribution in [0, 0.1) is 11.8 Å². The fourth-order valence-corrected chi connectivity index (χ4v) is 2.59. The van der Waals surface area contributed by atoms with Crippen LogP contribution in [0.15, 0.2) is 42.0 Å². The van der Waals surface area contributed by atoms with Gasteiger partial charge in [0.25, 0.3) is 9.76 Å². The number of benzene rings is 1. The molecule has 98 valence electrons. The Morgan fingerprint density at radius 1 is 1.17 bits per heavy atom. The van der Waals surface area contributed by atoms with E-state index < -0.39 is 9.76 Å². The molecule has 0 unspecified atom stereocenters. The molecule has 0 aliphatic rings. The number of hydrogen-bond acceptors (Lipinski definition) is 2. The number of carbonyl (C=O) groups excluding carboxylic acids is 1. The van der Waals surface area contributed by atoms with Gasteiger partial charge in [-0.15, -0.1) is 0 Å². The molecule has 3 heteroatoms. The summed E-state index contributed by atoms with van der Waals surface area (Å²) in [7, 11) is -0.958. The number of allylic oxidation sites excluding steroid dienone is 1. The quantitative estimate of drug-likeness (QED) is 0.600. The van der Waals surface area contributed by atoms with E-state index in [9.17, 15) is 4.79 Å². The molecule has 0 saturated heterocycles. The highest BCUT2D eigenvalue weighted by atomic mass is 28.2. The summed E-state index contributed by atoms with van der Waals surface area (Å²) in [4.78, 5) is 12.0. The molecule has 0 heterocycles. The van der Waals surface area contributed by atoms with Gasteiger partial charge in [-0.25, -0.2) is 4.79 Å². The Bertz CT molecular complexity index is 408. The maximum Gasteiger partial charge on any atom is 0.320 e. The minimum atomic E-state index is -0.958. The molecule has 1 aromatic rings. The lowest BCUT2D eigenvalue weighted by Gasteiger charge is -2.13. The lowest BCUT2D eigenvalue weighted by Crippen LogP contribution is -2.23. The van der Waals surface area contributed by atoms with Gasteiger partial charge in [-0.05, 0) is 17.0 Å². The summed E-state index contributed by atoms with van der Waals surface area (Å²) in [5, 5.41) is 1.15. The Morgan fingerprint density at radius 2 is 1.78 bits per heavy atom. The van der Waals surface area contributed by atoms with Gasteiger partial charge in [0.15, 0.2) is 0 Å². The summed E-state index contributed by atoms with van der Waals surface area (Å²) in [6.07, 6.45) is 2.01. The van der Waals surface area contributed by atoms with Crippen LogP contribution in [-0.4, -0.2) is 15.7 Å². The van der Waals surface area contributed by atoms with Gasteiger partial charge < -0.3 is 4.43 Å². The molecular weight excluding hydrogens is 240 g/mol. The Labute approximate surface area is 112 Å². The van der Waals surface area contributed by atoms with Crippen molar-refractivity contribution in [3.63, 3.8) is 0 Å². The van der Waals surface area contributed by atoms with E-state index in [-0.39, 0.29) is 11.9 Å². The summed E-state index contributed by atoms with van der Waals surface area (Å²) in [5.74, 6) is 0.437. The van der Waals surface area contributed by atoms with Crippen LogP contribution in [0.25, 0.3) is 0 Å². The Balaban J connectivity index is 2.63. The van der Waals surface area contributed by atoms with Crippen LogP contribution in [-0.2, 0) is 9.22 Å². The molecule has 0 atom stereocenters. The molecule has 0 aliphatic heterocycles. The molecular formula is C15H22O2Si. The molecule has 18 heavy (non-hydrogen) atoms. The number of rotatable bonds is 5. The third kappa shape index (κ3) is 4.88. The average Bonchev–Trinajstić information content (AvgIpc) is 2.34. The molecule has 1 rings (SSSR count). The third-order valence-corrected chi connectivity index (χ3v) is 3.79. The van der Waals surface area contributed by atoms with Crippen molar-refractivity contribution in [2.75, 3.05) is 0 Å². The van der Waals surface area contributed by atoms with Crippen LogP contribution in [0.2, 0.25) is 0 Å². The van der Waals surface area contributed by atoms with Crippen LogP contribution in [0.4, 0.5) is 0 Å². The summed E-state index contributed by atoms with van der Waals surface area (Å²) >= 11 is 0. The standard InChI is InChI=1S/C15H22O2Si/c1-11(2)10-14(12(3)4)15(16)17-18-13-8-6-5-7-9-13/h5-12H,18H2,1-4H3. The molecule has 0 aliphatic carbocycles. The fraction of sp³-hybridized carbons (Fsp3) is 0.400. The first-order chi connectivity index (χ1) is 8.50. The van der Waals surface area contributed by atoms with Crippen molar-refractivity contribution in [3.8, 4) is 0 Å². The zero-order valence-electron chi connectivity index (χ0n) is 11.6. The van der Waals surface area contributed by atoms with E-state index in [1.54, 1.807) is 0 Å². The minimum Gasteiger partial charge on any atom is -0.517 e. The maximum atomic E-state index is 12.0. The smallest absolute Gasteiger partial charge is 0.320 e. The summed E-state index contributed by atoms with van der Waals surface area (Å²) in [6.45, 7) is 8.20. The molecule has 0 aromatic heterocycles. The van der Waals surface area contributed by atoms with Gasteiger partial charge in [-0.2, -0.15) is 0 Å². The highest BCUT2D eigenvalue weighted by Gasteiger charge is 2.15. The normalized spacial score (nSPS) is 12.7. The lowest BCUT2D eigenvalue weighted by molar-refractivity contribution is -0.130. The highest BCUT2D eigenvalue weighted by molar-refractivity contribution is 6.49. The Hall–Kier alpha value is -1.35. The van der Waals surface area contributed by atoms with Crippen molar-refractivity contribution in [2.24, 2.45) is 11.8 Å². The van der Waals surface area contributed by atoms with Gasteiger partial charge in [0, 0.05) is 5.57 Å². The van der Waals surface area contributed by atoms with E-state index in [4.69, 9.17) is 4.43 Å². The van der Waals surface area contributed by atoms with Gasteiger partial charge in [0.05, 0.1) is 0 Å². The molecule has 0 spiro atoms. The molecule has 0 radical (unpaired) electrons. The van der Waals surface area contributed by atoms with E-state index >= 15 is 0 Å². The molecule has 2 nitrogen and oxygen atoms in total. The topological polar surface area (TPSA) is 26.3 Å². The van der Waals surface area contributed by atoms with Crippen LogP contribution >= 0.6 is 0 Å². The molecule has 0 fully saturated rings. The third-order valence-electron chi connectivity index (χ3n) is 2.58. The van der Waals surface area contributed by atoms with Gasteiger partial charge in [-0.3, -0.25) is 0 Å². The Kier molecular flexibility index (Phi) is 5.85. The average molecular weight is 262 g/mol. The highest BCUT2D eigenvalue weighted by Crippen LogP contribution is 2.14. The monoisotopic (exact) mass is 262 g/mol. The zero-order valence-corrected chi connectivity index (χ0v) is 13.1. The van der Waals surface area contributed by atoms with Gasteiger partial charge >= 0.3 is 5.97 Å². The predicted octanol–water partition coefficient (Wildman–Crippen LogP) is 2.18. The van der Waals surface area contributed by atoms with Gasteiger partial charge in [0.1, 0.15) is 0 Å². The minimum absolute atomic E-state index is 0.144. The predicted molar refractivity (Wildman–Crippen MR) is 78.5 cm³/mol. The first-order valence-electron chi connectivity index (χ1n) is 6.43. The zero-order chi connectivity index (χ0) is 13.5. The molecule has 0 amide bonds. The first-order valence-corrected chi connectivity index (χ1v) is 7.72. The van der Waals surface area contributed by atoms with E-state index in [1.165, 1.54) is 0 Å². The SMILES string of the molecule is CC(C)C=C(C(=O)O[SiH2]c1ccccc1)C(C)C. The van der Waals surface area contributed by atoms with Crippen LogP contribution in [0.5, 0.6) is 0 Å². The number of hydrogen-bond donors (Lipinski definition) is 0. The molecule has 0 saturated carbocycles. The van der Waals surface area contributed by atoms with Gasteiger partial charge in [-0.1, -0.05) is 64.1 Å². The molecule has 0 bridgehead atoms. The van der Waals surface area contributed by atoms with E-state index in [1.807, 2.05) is 50.3 Å². The van der Waals surface area contributed by atoms with Crippen molar-refractivity contribution in [1.29, 1.82) is 0 Å². The van der Waals surface area contributed by atoms with Crippen LogP contribution in [0.1, 0.15) is 27.7 Å². The number of carbonyl (C=O) groups is 1. The van der Waals surface area contributed by atoms with Crippen molar-refractivity contribution in [2.45, 2.75) is 27.7 Å². The summed E-state index contributed by atoms with van der Waals surface area (Å²) in [6, 6.07) is 9.95. The summed E-state index contributed by atoms with van der Waals surface area (Å²) < 4.78 is 5.48. The van der Waals surface area contributed by atoms with Crippen LogP contribution < -0.4 is 5.19 Å². The molecule has 0 N–H and O–H groups in total. The summed E-state index contributed by atoms with van der Waals surface area (Å²) in [5.41, 5.74) is 0.799. The van der Waals surface area contributed by atoms with Crippen molar-refractivity contribution in [3.05, 3.63) is 42.0 Å². The van der Waals surface area contributed by atoms with Gasteiger partial charge in [0.2, 0.25) is 0 Å². The largest absolute Gasteiger partial charge is 0.517 e. The van der Waals surface area contributed by atoms with Crippen molar-refractivity contribution < 1.29 is 9.22 Å².